The molecule has 1 saturated heterocycles. The van der Waals surface area contributed by atoms with Crippen LogP contribution in [0.25, 0.3) is 0 Å². The van der Waals surface area contributed by atoms with Gasteiger partial charge in [-0.25, -0.2) is 0 Å². The third kappa shape index (κ3) is 6.88. The number of benzene rings is 1. The third-order valence-electron chi connectivity index (χ3n) is 4.96. The molecule has 1 atom stereocenters. The minimum Gasteiger partial charge on any atom is -0.497 e. The lowest BCUT2D eigenvalue weighted by molar-refractivity contribution is 0.0794. The van der Waals surface area contributed by atoms with Gasteiger partial charge in [-0.1, -0.05) is 0 Å². The second kappa shape index (κ2) is 12.6. The lowest BCUT2D eigenvalue weighted by atomic mass is 9.99. The van der Waals surface area contributed by atoms with Crippen LogP contribution in [0, 0.1) is 0 Å². The molecule has 0 amide bonds. The van der Waals surface area contributed by atoms with Crippen molar-refractivity contribution in [3.8, 4) is 11.5 Å². The number of rotatable bonds is 8. The zero-order valence-electron chi connectivity index (χ0n) is 17.5. The largest absolute Gasteiger partial charge is 0.497 e. The molecule has 0 aliphatic carbocycles. The SMILES string of the molecule is CCNC(=NCC1(SC)CCOCC1)NC(C)c1cc(OC)ccc1OC.I. The van der Waals surface area contributed by atoms with Crippen LogP contribution in [0.4, 0.5) is 0 Å². The fraction of sp³-hybridized carbons (Fsp3) is 0.650. The van der Waals surface area contributed by atoms with Gasteiger partial charge in [0.05, 0.1) is 26.8 Å². The summed E-state index contributed by atoms with van der Waals surface area (Å²) in [4.78, 5) is 4.89. The number of thioether (sulfide) groups is 1. The van der Waals surface area contributed by atoms with Gasteiger partial charge in [0.15, 0.2) is 5.96 Å². The molecule has 1 aromatic rings. The molecule has 0 saturated carbocycles. The third-order valence-corrected chi connectivity index (χ3v) is 6.37. The molecule has 160 valence electrons. The highest BCUT2D eigenvalue weighted by atomic mass is 127. The van der Waals surface area contributed by atoms with Crippen molar-refractivity contribution in [2.45, 2.75) is 37.5 Å². The van der Waals surface area contributed by atoms with E-state index >= 15 is 0 Å². The summed E-state index contributed by atoms with van der Waals surface area (Å²) in [5, 5.41) is 6.86. The maximum atomic E-state index is 5.53. The molecule has 1 aliphatic heterocycles. The molecular weight excluding hydrogens is 489 g/mol. The lowest BCUT2D eigenvalue weighted by Crippen LogP contribution is -2.41. The summed E-state index contributed by atoms with van der Waals surface area (Å²) in [5.41, 5.74) is 1.04. The van der Waals surface area contributed by atoms with E-state index in [9.17, 15) is 0 Å². The van der Waals surface area contributed by atoms with Crippen molar-refractivity contribution in [2.75, 3.05) is 46.8 Å². The molecule has 1 aliphatic rings. The fourth-order valence-electron chi connectivity index (χ4n) is 3.17. The van der Waals surface area contributed by atoms with E-state index in [1.54, 1.807) is 14.2 Å². The van der Waals surface area contributed by atoms with Crippen molar-refractivity contribution in [2.24, 2.45) is 4.99 Å². The maximum Gasteiger partial charge on any atom is 0.191 e. The molecule has 0 spiro atoms. The summed E-state index contributed by atoms with van der Waals surface area (Å²) in [5.74, 6) is 2.45. The number of nitrogens with zero attached hydrogens (tertiary/aromatic N) is 1. The van der Waals surface area contributed by atoms with E-state index in [-0.39, 0.29) is 34.8 Å². The minimum absolute atomic E-state index is 0. The van der Waals surface area contributed by atoms with Crippen LogP contribution < -0.4 is 20.1 Å². The second-order valence-corrected chi connectivity index (χ2v) is 7.94. The first-order valence-corrected chi connectivity index (χ1v) is 10.7. The summed E-state index contributed by atoms with van der Waals surface area (Å²) in [7, 11) is 3.36. The molecule has 1 heterocycles. The zero-order chi connectivity index (χ0) is 19.7. The van der Waals surface area contributed by atoms with Gasteiger partial charge in [0.1, 0.15) is 11.5 Å². The van der Waals surface area contributed by atoms with Crippen molar-refractivity contribution >= 4 is 41.7 Å². The molecule has 6 nitrogen and oxygen atoms in total. The molecule has 1 aromatic carbocycles. The first-order chi connectivity index (χ1) is 13.1. The van der Waals surface area contributed by atoms with Crippen LogP contribution in [0.5, 0.6) is 11.5 Å². The van der Waals surface area contributed by atoms with E-state index in [1.165, 1.54) is 0 Å². The Labute approximate surface area is 190 Å². The van der Waals surface area contributed by atoms with Gasteiger partial charge in [0.2, 0.25) is 0 Å². The molecule has 1 fully saturated rings. The fourth-order valence-corrected chi connectivity index (χ4v) is 3.94. The number of hydrogen-bond acceptors (Lipinski definition) is 5. The van der Waals surface area contributed by atoms with Gasteiger partial charge in [0, 0.05) is 30.1 Å². The second-order valence-electron chi connectivity index (χ2n) is 6.67. The van der Waals surface area contributed by atoms with Gasteiger partial charge in [-0.05, 0) is 51.1 Å². The highest BCUT2D eigenvalue weighted by Gasteiger charge is 2.31. The maximum absolute atomic E-state index is 5.53. The topological polar surface area (TPSA) is 64.1 Å². The summed E-state index contributed by atoms with van der Waals surface area (Å²) >= 11 is 1.90. The molecule has 1 unspecified atom stereocenters. The van der Waals surface area contributed by atoms with E-state index in [4.69, 9.17) is 19.2 Å². The van der Waals surface area contributed by atoms with Crippen molar-refractivity contribution in [1.29, 1.82) is 0 Å². The van der Waals surface area contributed by atoms with Crippen molar-refractivity contribution < 1.29 is 14.2 Å². The quantitative estimate of drug-likeness (QED) is 0.307. The average Bonchev–Trinajstić information content (AvgIpc) is 2.72. The molecule has 2 N–H and O–H groups in total. The number of guanidine groups is 1. The van der Waals surface area contributed by atoms with Gasteiger partial charge in [0.25, 0.3) is 0 Å². The molecule has 0 bridgehead atoms. The Morgan fingerprint density at radius 3 is 2.57 bits per heavy atom. The van der Waals surface area contributed by atoms with E-state index in [0.717, 1.165) is 62.2 Å². The van der Waals surface area contributed by atoms with Gasteiger partial charge in [-0.3, -0.25) is 4.99 Å². The Hall–Kier alpha value is -0.870. The molecule has 2 rings (SSSR count). The van der Waals surface area contributed by atoms with Crippen LogP contribution >= 0.6 is 35.7 Å². The number of ether oxygens (including phenoxy) is 3. The van der Waals surface area contributed by atoms with Crippen LogP contribution in [0.15, 0.2) is 23.2 Å². The van der Waals surface area contributed by atoms with Crippen LogP contribution in [0.2, 0.25) is 0 Å². The summed E-state index contributed by atoms with van der Waals surface area (Å²) in [6.45, 7) is 7.39. The van der Waals surface area contributed by atoms with Crippen molar-refractivity contribution in [1.82, 2.24) is 10.6 Å². The predicted octanol–water partition coefficient (Wildman–Crippen LogP) is 3.85. The summed E-state index contributed by atoms with van der Waals surface area (Å²) in [6.07, 6.45) is 4.25. The van der Waals surface area contributed by atoms with Gasteiger partial charge in [-0.15, -0.1) is 24.0 Å². The summed E-state index contributed by atoms with van der Waals surface area (Å²) < 4.78 is 16.6. The Balaban J connectivity index is 0.00000392. The molecule has 0 aromatic heterocycles. The predicted molar refractivity (Wildman–Crippen MR) is 129 cm³/mol. The monoisotopic (exact) mass is 523 g/mol. The summed E-state index contributed by atoms with van der Waals surface area (Å²) in [6, 6.07) is 5.86. The molecule has 8 heteroatoms. The smallest absolute Gasteiger partial charge is 0.191 e. The first-order valence-electron chi connectivity index (χ1n) is 9.47. The number of nitrogens with one attached hydrogen (secondary N) is 2. The standard InChI is InChI=1S/C20H33N3O3S.HI/c1-6-21-19(22-14-20(27-5)9-11-26-12-10-20)23-15(2)17-13-16(24-3)7-8-18(17)25-4;/h7-8,13,15H,6,9-12,14H2,1-5H3,(H2,21,22,23);1H. The van der Waals surface area contributed by atoms with Crippen molar-refractivity contribution in [3.05, 3.63) is 23.8 Å². The number of halogens is 1. The highest BCUT2D eigenvalue weighted by molar-refractivity contribution is 14.0. The van der Waals surface area contributed by atoms with Crippen molar-refractivity contribution in [3.63, 3.8) is 0 Å². The highest BCUT2D eigenvalue weighted by Crippen LogP contribution is 2.34. The van der Waals surface area contributed by atoms with E-state index < -0.39 is 0 Å². The normalized spacial score (nSPS) is 17.2. The Kier molecular flexibility index (Phi) is 11.4. The van der Waals surface area contributed by atoms with E-state index in [0.29, 0.717) is 0 Å². The first kappa shape index (κ1) is 25.2. The number of aliphatic imine (C=N–C) groups is 1. The van der Waals surface area contributed by atoms with Crippen LogP contribution in [-0.2, 0) is 4.74 Å². The van der Waals surface area contributed by atoms with Crippen LogP contribution in [-0.4, -0.2) is 57.5 Å². The van der Waals surface area contributed by atoms with Gasteiger partial charge < -0.3 is 24.8 Å². The lowest BCUT2D eigenvalue weighted by Gasteiger charge is -2.34. The number of hydrogen-bond donors (Lipinski definition) is 2. The van der Waals surface area contributed by atoms with Crippen LogP contribution in [0.1, 0.15) is 38.3 Å². The van der Waals surface area contributed by atoms with E-state index in [1.807, 2.05) is 30.0 Å². The number of methoxy groups -OCH3 is 2. The Morgan fingerprint density at radius 2 is 2.00 bits per heavy atom. The van der Waals surface area contributed by atoms with Gasteiger partial charge in [-0.2, -0.15) is 11.8 Å². The molecule has 28 heavy (non-hydrogen) atoms. The minimum atomic E-state index is 0. The van der Waals surface area contributed by atoms with Crippen LogP contribution in [0.3, 0.4) is 0 Å². The Bertz CT molecular complexity index is 625. The van der Waals surface area contributed by atoms with E-state index in [2.05, 4.69) is 30.7 Å². The average molecular weight is 523 g/mol. The Morgan fingerprint density at radius 1 is 1.29 bits per heavy atom. The van der Waals surface area contributed by atoms with Gasteiger partial charge >= 0.3 is 0 Å². The zero-order valence-corrected chi connectivity index (χ0v) is 20.7. The molecular formula is C20H34IN3O3S. The molecule has 0 radical (unpaired) electrons.